The van der Waals surface area contributed by atoms with Gasteiger partial charge < -0.3 is 0 Å². The van der Waals surface area contributed by atoms with Crippen molar-refractivity contribution in [3.8, 4) is 0 Å². The van der Waals surface area contributed by atoms with E-state index in [1.807, 2.05) is 0 Å². The molecule has 0 amide bonds. The molecule has 248 valence electrons. The van der Waals surface area contributed by atoms with Crippen molar-refractivity contribution in [1.29, 1.82) is 0 Å². The Balaban J connectivity index is 2.23. The highest BCUT2D eigenvalue weighted by Crippen LogP contribution is 2.15. The molecule has 0 N–H and O–H groups in total. The molecule has 1 rings (SSSR count). The van der Waals surface area contributed by atoms with Crippen LogP contribution < -0.4 is 4.57 Å². The third kappa shape index (κ3) is 23.6. The van der Waals surface area contributed by atoms with Gasteiger partial charge in [-0.3, -0.25) is 0 Å². The zero-order chi connectivity index (χ0) is 30.2. The number of aromatic nitrogens is 2. The average Bonchev–Trinajstić information content (AvgIpc) is 3.38. The Kier molecular flexibility index (Phi) is 29.5. The van der Waals surface area contributed by atoms with E-state index in [4.69, 9.17) is 0 Å². The number of hydrogen-bond acceptors (Lipinski definition) is 0. The van der Waals surface area contributed by atoms with Crippen LogP contribution in [0, 0.1) is 0 Å². The fraction of sp³-hybridized carbons (Fsp3) is 0.925. The lowest BCUT2D eigenvalue weighted by molar-refractivity contribution is -0.704. The molecule has 1 aromatic heterocycles. The van der Waals surface area contributed by atoms with Gasteiger partial charge in [-0.2, -0.15) is 0 Å². The Morgan fingerprint density at radius 2 is 0.738 bits per heavy atom. The van der Waals surface area contributed by atoms with Gasteiger partial charge in [-0.25, -0.2) is 9.13 Å². The van der Waals surface area contributed by atoms with Crippen molar-refractivity contribution >= 4 is 0 Å². The van der Waals surface area contributed by atoms with E-state index in [1.165, 1.54) is 219 Å². The van der Waals surface area contributed by atoms with E-state index in [0.29, 0.717) is 0 Å². The maximum absolute atomic E-state index is 2.63. The highest BCUT2D eigenvalue weighted by atomic mass is 15.1. The molecule has 0 radical (unpaired) electrons. The van der Waals surface area contributed by atoms with Gasteiger partial charge in [-0.05, 0) is 32.1 Å². The molecule has 0 aliphatic heterocycles. The van der Waals surface area contributed by atoms with E-state index >= 15 is 0 Å². The van der Waals surface area contributed by atoms with Crippen LogP contribution in [0.4, 0.5) is 0 Å². The SMILES string of the molecule is CCCCCCCCCCCCCCCCn1cc[n+](CCCCCCCCCCCCC)c1CCCCCCCC. The van der Waals surface area contributed by atoms with Crippen LogP contribution in [0.5, 0.6) is 0 Å². The molecular weight excluding hydrogens is 508 g/mol. The summed E-state index contributed by atoms with van der Waals surface area (Å²) in [5.74, 6) is 1.62. The molecule has 0 aromatic carbocycles. The Bertz CT molecular complexity index is 648. The van der Waals surface area contributed by atoms with Crippen LogP contribution in [0.3, 0.4) is 0 Å². The van der Waals surface area contributed by atoms with Crippen LogP contribution >= 0.6 is 0 Å². The first-order valence-electron chi connectivity index (χ1n) is 19.9. The molecule has 2 nitrogen and oxygen atoms in total. The maximum atomic E-state index is 2.63. The van der Waals surface area contributed by atoms with Gasteiger partial charge in [0.1, 0.15) is 12.4 Å². The number of nitrogens with zero attached hydrogens (tertiary/aromatic N) is 2. The summed E-state index contributed by atoms with van der Waals surface area (Å²) in [6.07, 6.45) is 50.4. The summed E-state index contributed by atoms with van der Waals surface area (Å²) in [4.78, 5) is 0. The van der Waals surface area contributed by atoms with Crippen LogP contribution in [0.15, 0.2) is 12.4 Å². The minimum atomic E-state index is 1.23. The summed E-state index contributed by atoms with van der Waals surface area (Å²) < 4.78 is 5.26. The van der Waals surface area contributed by atoms with Gasteiger partial charge in [0.25, 0.3) is 5.82 Å². The summed E-state index contributed by atoms with van der Waals surface area (Å²) in [5, 5.41) is 0. The second-order valence-corrected chi connectivity index (χ2v) is 13.8. The lowest BCUT2D eigenvalue weighted by Gasteiger charge is -2.07. The third-order valence-electron chi connectivity index (χ3n) is 9.60. The summed E-state index contributed by atoms with van der Waals surface area (Å²) in [6, 6.07) is 0. The lowest BCUT2D eigenvalue weighted by Crippen LogP contribution is -2.37. The first kappa shape index (κ1) is 39.2. The predicted octanol–water partition coefficient (Wildman–Crippen LogP) is 13.5. The standard InChI is InChI=1S/C40H79N2/c1-4-7-10-13-16-18-20-21-22-24-26-28-31-34-37-42-39-38-41(40(42)35-32-29-15-12-9-6-3)36-33-30-27-25-23-19-17-14-11-8-5-2/h38-39H,4-37H2,1-3H3/q+1. The minimum absolute atomic E-state index is 1.23. The quantitative estimate of drug-likeness (QED) is 0.0560. The first-order valence-corrected chi connectivity index (χ1v) is 19.9. The van der Waals surface area contributed by atoms with Gasteiger partial charge in [-0.1, -0.05) is 188 Å². The number of hydrogen-bond donors (Lipinski definition) is 0. The molecule has 2 heteroatoms. The second-order valence-electron chi connectivity index (χ2n) is 13.8. The molecular formula is C40H79N2+. The normalized spacial score (nSPS) is 11.6. The number of rotatable bonds is 34. The average molecular weight is 588 g/mol. The third-order valence-corrected chi connectivity index (χ3v) is 9.60. The highest BCUT2D eigenvalue weighted by molar-refractivity contribution is 4.84. The summed E-state index contributed by atoms with van der Waals surface area (Å²) in [7, 11) is 0. The van der Waals surface area contributed by atoms with Crippen molar-refractivity contribution in [2.24, 2.45) is 0 Å². The first-order chi connectivity index (χ1) is 20.8. The second kappa shape index (κ2) is 31.6. The van der Waals surface area contributed by atoms with Crippen molar-refractivity contribution in [3.63, 3.8) is 0 Å². The Morgan fingerprint density at radius 3 is 1.14 bits per heavy atom. The zero-order valence-corrected chi connectivity index (χ0v) is 29.6. The fourth-order valence-electron chi connectivity index (χ4n) is 6.68. The molecule has 0 bridgehead atoms. The monoisotopic (exact) mass is 588 g/mol. The van der Waals surface area contributed by atoms with E-state index < -0.39 is 0 Å². The van der Waals surface area contributed by atoms with Crippen molar-refractivity contribution in [3.05, 3.63) is 18.2 Å². The number of unbranched alkanes of at least 4 members (excludes halogenated alkanes) is 28. The minimum Gasteiger partial charge on any atom is -0.234 e. The van der Waals surface area contributed by atoms with Crippen molar-refractivity contribution in [2.75, 3.05) is 0 Å². The zero-order valence-electron chi connectivity index (χ0n) is 29.6. The number of aryl methyl sites for hydroxylation is 2. The van der Waals surface area contributed by atoms with Gasteiger partial charge >= 0.3 is 0 Å². The van der Waals surface area contributed by atoms with Crippen LogP contribution in [0.25, 0.3) is 0 Å². The van der Waals surface area contributed by atoms with E-state index in [-0.39, 0.29) is 0 Å². The van der Waals surface area contributed by atoms with E-state index in [1.54, 1.807) is 5.82 Å². The molecule has 1 aromatic rings. The fourth-order valence-corrected chi connectivity index (χ4v) is 6.68. The molecule has 1 heterocycles. The van der Waals surface area contributed by atoms with E-state index in [2.05, 4.69) is 42.3 Å². The van der Waals surface area contributed by atoms with Crippen LogP contribution in [0.1, 0.15) is 226 Å². The Hall–Kier alpha value is -0.790. The summed E-state index contributed by atoms with van der Waals surface area (Å²) >= 11 is 0. The number of imidazole rings is 1. The Morgan fingerprint density at radius 1 is 0.405 bits per heavy atom. The Labute approximate surface area is 266 Å². The van der Waals surface area contributed by atoms with Crippen LogP contribution in [-0.4, -0.2) is 4.57 Å². The molecule has 0 saturated carbocycles. The topological polar surface area (TPSA) is 8.81 Å². The van der Waals surface area contributed by atoms with Crippen molar-refractivity contribution < 1.29 is 4.57 Å². The van der Waals surface area contributed by atoms with Gasteiger partial charge in [0.15, 0.2) is 0 Å². The summed E-state index contributed by atoms with van der Waals surface area (Å²) in [5.41, 5.74) is 0. The van der Waals surface area contributed by atoms with Crippen LogP contribution in [-0.2, 0) is 19.5 Å². The van der Waals surface area contributed by atoms with Gasteiger partial charge in [0, 0.05) is 6.42 Å². The molecule has 0 fully saturated rings. The molecule has 0 aliphatic carbocycles. The van der Waals surface area contributed by atoms with Gasteiger partial charge in [0.05, 0.1) is 13.1 Å². The van der Waals surface area contributed by atoms with Gasteiger partial charge in [-0.15, -0.1) is 0 Å². The largest absolute Gasteiger partial charge is 0.256 e. The molecule has 0 unspecified atom stereocenters. The predicted molar refractivity (Wildman–Crippen MR) is 188 cm³/mol. The van der Waals surface area contributed by atoms with Crippen LogP contribution in [0.2, 0.25) is 0 Å². The van der Waals surface area contributed by atoms with Gasteiger partial charge in [0.2, 0.25) is 0 Å². The van der Waals surface area contributed by atoms with E-state index in [0.717, 1.165) is 0 Å². The summed E-state index contributed by atoms with van der Waals surface area (Å²) in [6.45, 7) is 9.40. The van der Waals surface area contributed by atoms with Crippen molar-refractivity contribution in [1.82, 2.24) is 4.57 Å². The van der Waals surface area contributed by atoms with Crippen molar-refractivity contribution in [2.45, 2.75) is 239 Å². The molecule has 42 heavy (non-hydrogen) atoms. The van der Waals surface area contributed by atoms with E-state index in [9.17, 15) is 0 Å². The maximum Gasteiger partial charge on any atom is 0.256 e. The molecule has 0 saturated heterocycles. The molecule has 0 aliphatic rings. The smallest absolute Gasteiger partial charge is 0.234 e. The molecule has 0 atom stereocenters. The highest BCUT2D eigenvalue weighted by Gasteiger charge is 2.16. The lowest BCUT2D eigenvalue weighted by atomic mass is 10.0. The molecule has 0 spiro atoms.